The molecule has 0 saturated carbocycles. The fourth-order valence-corrected chi connectivity index (χ4v) is 3.23. The average Bonchev–Trinajstić information content (AvgIpc) is 2.60. The first-order valence-corrected chi connectivity index (χ1v) is 10.6. The minimum absolute atomic E-state index is 0.0989. The molecular formula is C19H20ClNO5S. The van der Waals surface area contributed by atoms with Crippen LogP contribution in [0, 0.1) is 0 Å². The SMILES string of the molecule is CS(=O)(=O)Cc1ccc(C(=O)OCC(=O)NCCc2ccc(Cl)cc2)cc1. The molecule has 0 unspecified atom stereocenters. The lowest BCUT2D eigenvalue weighted by molar-refractivity contribution is -0.124. The van der Waals surface area contributed by atoms with Gasteiger partial charge < -0.3 is 10.1 Å². The van der Waals surface area contributed by atoms with E-state index in [1.54, 1.807) is 24.3 Å². The van der Waals surface area contributed by atoms with E-state index in [9.17, 15) is 18.0 Å². The molecule has 6 nitrogen and oxygen atoms in total. The van der Waals surface area contributed by atoms with Gasteiger partial charge in [-0.15, -0.1) is 0 Å². The predicted molar refractivity (Wildman–Crippen MR) is 103 cm³/mol. The van der Waals surface area contributed by atoms with Crippen LogP contribution in [0.1, 0.15) is 21.5 Å². The Bertz CT molecular complexity index is 893. The maximum absolute atomic E-state index is 11.9. The molecule has 27 heavy (non-hydrogen) atoms. The van der Waals surface area contributed by atoms with Crippen molar-refractivity contribution in [1.82, 2.24) is 5.32 Å². The van der Waals surface area contributed by atoms with Crippen LogP contribution in [0.4, 0.5) is 0 Å². The molecule has 0 aliphatic heterocycles. The van der Waals surface area contributed by atoms with Crippen molar-refractivity contribution < 1.29 is 22.7 Å². The average molecular weight is 410 g/mol. The van der Waals surface area contributed by atoms with Gasteiger partial charge in [0.15, 0.2) is 16.4 Å². The maximum Gasteiger partial charge on any atom is 0.338 e. The molecule has 1 N–H and O–H groups in total. The number of sulfone groups is 1. The van der Waals surface area contributed by atoms with Crippen molar-refractivity contribution in [2.75, 3.05) is 19.4 Å². The van der Waals surface area contributed by atoms with E-state index in [0.717, 1.165) is 11.8 Å². The van der Waals surface area contributed by atoms with Crippen molar-refractivity contribution in [1.29, 1.82) is 0 Å². The fourth-order valence-electron chi connectivity index (χ4n) is 2.30. The number of benzene rings is 2. The molecule has 2 aromatic rings. The standard InChI is InChI=1S/C19H20ClNO5S/c1-27(24,25)13-15-2-6-16(7-3-15)19(23)26-12-18(22)21-11-10-14-4-8-17(20)9-5-14/h2-9H,10-13H2,1H3,(H,21,22). The topological polar surface area (TPSA) is 89.5 Å². The zero-order valence-electron chi connectivity index (χ0n) is 14.8. The van der Waals surface area contributed by atoms with Gasteiger partial charge in [-0.1, -0.05) is 35.9 Å². The molecular weight excluding hydrogens is 390 g/mol. The number of ether oxygens (including phenoxy) is 1. The molecule has 0 spiro atoms. The number of nitrogens with one attached hydrogen (secondary N) is 1. The summed E-state index contributed by atoms with van der Waals surface area (Å²) in [7, 11) is -3.14. The van der Waals surface area contributed by atoms with Crippen molar-refractivity contribution in [3.63, 3.8) is 0 Å². The van der Waals surface area contributed by atoms with Crippen molar-refractivity contribution in [2.24, 2.45) is 0 Å². The Morgan fingerprint density at radius 2 is 1.59 bits per heavy atom. The molecule has 0 heterocycles. The van der Waals surface area contributed by atoms with E-state index in [2.05, 4.69) is 5.32 Å². The van der Waals surface area contributed by atoms with Crippen molar-refractivity contribution in [3.05, 3.63) is 70.2 Å². The van der Waals surface area contributed by atoms with E-state index in [0.29, 0.717) is 23.6 Å². The smallest absolute Gasteiger partial charge is 0.338 e. The number of carbonyl (C=O) groups excluding carboxylic acids is 2. The third-order valence-corrected chi connectivity index (χ3v) is 4.71. The molecule has 0 atom stereocenters. The summed E-state index contributed by atoms with van der Waals surface area (Å²) in [5.41, 5.74) is 1.86. The first kappa shape index (κ1) is 20.9. The van der Waals surface area contributed by atoms with E-state index < -0.39 is 21.7 Å². The van der Waals surface area contributed by atoms with Gasteiger partial charge in [-0.2, -0.15) is 0 Å². The highest BCUT2D eigenvalue weighted by Crippen LogP contribution is 2.10. The maximum atomic E-state index is 11.9. The van der Waals surface area contributed by atoms with E-state index in [4.69, 9.17) is 16.3 Å². The van der Waals surface area contributed by atoms with Crippen LogP contribution < -0.4 is 5.32 Å². The van der Waals surface area contributed by atoms with Crippen LogP contribution in [0.15, 0.2) is 48.5 Å². The highest BCUT2D eigenvalue weighted by molar-refractivity contribution is 7.89. The number of carbonyl (C=O) groups is 2. The molecule has 2 rings (SSSR count). The van der Waals surface area contributed by atoms with Crippen molar-refractivity contribution in [2.45, 2.75) is 12.2 Å². The zero-order chi connectivity index (χ0) is 19.9. The third kappa shape index (κ3) is 7.80. The number of rotatable bonds is 8. The minimum Gasteiger partial charge on any atom is -0.452 e. The first-order chi connectivity index (χ1) is 12.7. The van der Waals surface area contributed by atoms with Gasteiger partial charge in [0, 0.05) is 17.8 Å². The van der Waals surface area contributed by atoms with Gasteiger partial charge in [-0.3, -0.25) is 4.79 Å². The van der Waals surface area contributed by atoms with Gasteiger partial charge in [0.05, 0.1) is 11.3 Å². The van der Waals surface area contributed by atoms with E-state index >= 15 is 0 Å². The van der Waals surface area contributed by atoms with Gasteiger partial charge in [-0.25, -0.2) is 13.2 Å². The molecule has 1 amide bonds. The van der Waals surface area contributed by atoms with Crippen LogP contribution in [0.2, 0.25) is 5.02 Å². The van der Waals surface area contributed by atoms with Gasteiger partial charge in [0.1, 0.15) is 0 Å². The number of esters is 1. The lowest BCUT2D eigenvalue weighted by Gasteiger charge is -2.07. The highest BCUT2D eigenvalue weighted by atomic mass is 35.5. The molecule has 8 heteroatoms. The Balaban J connectivity index is 1.74. The summed E-state index contributed by atoms with van der Waals surface area (Å²) < 4.78 is 27.5. The number of hydrogen-bond acceptors (Lipinski definition) is 5. The monoisotopic (exact) mass is 409 g/mol. The lowest BCUT2D eigenvalue weighted by Crippen LogP contribution is -2.30. The van der Waals surface area contributed by atoms with Gasteiger partial charge in [0.2, 0.25) is 0 Å². The zero-order valence-corrected chi connectivity index (χ0v) is 16.3. The van der Waals surface area contributed by atoms with Gasteiger partial charge >= 0.3 is 5.97 Å². The number of halogens is 1. The van der Waals surface area contributed by atoms with Crippen LogP contribution in [-0.4, -0.2) is 39.7 Å². The molecule has 0 radical (unpaired) electrons. The molecule has 0 aliphatic rings. The second-order valence-corrected chi connectivity index (χ2v) is 8.65. The second kappa shape index (κ2) is 9.53. The quantitative estimate of drug-likeness (QED) is 0.676. The number of amides is 1. The molecule has 2 aromatic carbocycles. The Hall–Kier alpha value is -2.38. The molecule has 0 fully saturated rings. The van der Waals surface area contributed by atoms with Crippen LogP contribution >= 0.6 is 11.6 Å². The molecule has 144 valence electrons. The van der Waals surface area contributed by atoms with E-state index in [-0.39, 0.29) is 17.9 Å². The van der Waals surface area contributed by atoms with E-state index in [1.807, 2.05) is 12.1 Å². The summed E-state index contributed by atoms with van der Waals surface area (Å²) in [4.78, 5) is 23.7. The minimum atomic E-state index is -3.14. The summed E-state index contributed by atoms with van der Waals surface area (Å²) in [6.45, 7) is 0.0305. The van der Waals surface area contributed by atoms with Crippen LogP contribution in [0.25, 0.3) is 0 Å². The summed E-state index contributed by atoms with van der Waals surface area (Å²) in [5, 5.41) is 3.32. The van der Waals surface area contributed by atoms with Crippen molar-refractivity contribution in [3.8, 4) is 0 Å². The van der Waals surface area contributed by atoms with Gasteiger partial charge in [-0.05, 0) is 41.8 Å². The second-order valence-electron chi connectivity index (χ2n) is 6.07. The highest BCUT2D eigenvalue weighted by Gasteiger charge is 2.11. The number of hydrogen-bond donors (Lipinski definition) is 1. The van der Waals surface area contributed by atoms with Crippen LogP contribution in [0.3, 0.4) is 0 Å². The summed E-state index contributed by atoms with van der Waals surface area (Å²) >= 11 is 5.81. The van der Waals surface area contributed by atoms with Crippen LogP contribution in [-0.2, 0) is 31.5 Å². The first-order valence-electron chi connectivity index (χ1n) is 8.18. The third-order valence-electron chi connectivity index (χ3n) is 3.60. The lowest BCUT2D eigenvalue weighted by atomic mass is 10.1. The van der Waals surface area contributed by atoms with Crippen LogP contribution in [0.5, 0.6) is 0 Å². The Morgan fingerprint density at radius 1 is 1.00 bits per heavy atom. The molecule has 0 bridgehead atoms. The van der Waals surface area contributed by atoms with Gasteiger partial charge in [0.25, 0.3) is 5.91 Å². The molecule has 0 aliphatic carbocycles. The Morgan fingerprint density at radius 3 is 2.19 bits per heavy atom. The predicted octanol–water partition coefficient (Wildman–Crippen LogP) is 2.40. The fraction of sp³-hybridized carbons (Fsp3) is 0.263. The normalized spacial score (nSPS) is 11.0. The Kier molecular flexibility index (Phi) is 7.38. The molecule has 0 aromatic heterocycles. The largest absolute Gasteiger partial charge is 0.452 e. The molecule has 0 saturated heterocycles. The summed E-state index contributed by atoms with van der Waals surface area (Å²) in [6, 6.07) is 13.4. The van der Waals surface area contributed by atoms with E-state index in [1.165, 1.54) is 12.1 Å². The summed E-state index contributed by atoms with van der Waals surface area (Å²) in [5.74, 6) is -1.14. The van der Waals surface area contributed by atoms with Crippen molar-refractivity contribution >= 4 is 33.3 Å². The summed E-state index contributed by atoms with van der Waals surface area (Å²) in [6.07, 6.45) is 1.78. The Labute approximate surface area is 163 Å².